The molecule has 1 heterocycles. The van der Waals surface area contributed by atoms with Gasteiger partial charge in [0.15, 0.2) is 15.8 Å². The summed E-state index contributed by atoms with van der Waals surface area (Å²) in [5.41, 5.74) is 1.82. The second-order valence-corrected chi connectivity index (χ2v) is 8.39. The molecule has 146 valence electrons. The lowest BCUT2D eigenvalue weighted by molar-refractivity contribution is -0.116. The van der Waals surface area contributed by atoms with Crippen molar-refractivity contribution in [1.29, 1.82) is 0 Å². The molecule has 1 aromatic carbocycles. The van der Waals surface area contributed by atoms with Gasteiger partial charge in [-0.2, -0.15) is 0 Å². The van der Waals surface area contributed by atoms with Crippen molar-refractivity contribution in [3.63, 3.8) is 0 Å². The van der Waals surface area contributed by atoms with E-state index >= 15 is 0 Å². The topological polar surface area (TPSA) is 99.7 Å². The summed E-state index contributed by atoms with van der Waals surface area (Å²) in [6.45, 7) is 2.53. The fourth-order valence-electron chi connectivity index (χ4n) is 2.64. The average Bonchev–Trinajstić information content (AvgIpc) is 2.91. The van der Waals surface area contributed by atoms with Crippen LogP contribution in [0.1, 0.15) is 31.7 Å². The minimum Gasteiger partial charge on any atom is -0.353 e. The van der Waals surface area contributed by atoms with Crippen LogP contribution in [0.3, 0.4) is 0 Å². The Labute approximate surface area is 172 Å². The third-order valence-corrected chi connectivity index (χ3v) is 5.74. The standard InChI is InChI=1S/C17H26N4O3S.HI/c1-3-4-16(22)20-14-7-5-13(6-8-14)11-19-17(18-2)21-15-9-10-25(23,24)12-15;/h5-8,15H,3-4,9-12H2,1-2H3,(H,20,22)(H2,18,19,21);1H. The number of hydrogen-bond donors (Lipinski definition) is 3. The molecule has 0 bridgehead atoms. The highest BCUT2D eigenvalue weighted by Crippen LogP contribution is 2.12. The summed E-state index contributed by atoms with van der Waals surface area (Å²) >= 11 is 0. The summed E-state index contributed by atoms with van der Waals surface area (Å²) in [7, 11) is -1.26. The lowest BCUT2D eigenvalue weighted by Crippen LogP contribution is -2.43. The van der Waals surface area contributed by atoms with Crippen LogP contribution in [0.4, 0.5) is 5.69 Å². The number of sulfone groups is 1. The van der Waals surface area contributed by atoms with Crippen LogP contribution in [0, 0.1) is 0 Å². The highest BCUT2D eigenvalue weighted by molar-refractivity contribution is 14.0. The van der Waals surface area contributed by atoms with Gasteiger partial charge in [0.1, 0.15) is 0 Å². The molecule has 26 heavy (non-hydrogen) atoms. The average molecular weight is 494 g/mol. The first-order valence-electron chi connectivity index (χ1n) is 8.48. The number of halogens is 1. The number of nitrogens with zero attached hydrogens (tertiary/aromatic N) is 1. The van der Waals surface area contributed by atoms with E-state index < -0.39 is 9.84 Å². The molecule has 0 saturated carbocycles. The monoisotopic (exact) mass is 494 g/mol. The number of carbonyl (C=O) groups is 1. The van der Waals surface area contributed by atoms with E-state index in [1.807, 2.05) is 31.2 Å². The molecule has 9 heteroatoms. The van der Waals surface area contributed by atoms with Crippen molar-refractivity contribution < 1.29 is 13.2 Å². The molecule has 1 aromatic rings. The maximum Gasteiger partial charge on any atom is 0.224 e. The SMILES string of the molecule is CCCC(=O)Nc1ccc(CNC(=NC)NC2CCS(=O)(=O)C2)cc1.I. The molecule has 1 atom stereocenters. The number of guanidine groups is 1. The van der Waals surface area contributed by atoms with Crippen molar-refractivity contribution in [2.75, 3.05) is 23.9 Å². The number of hydrogen-bond acceptors (Lipinski definition) is 4. The second-order valence-electron chi connectivity index (χ2n) is 6.17. The molecule has 1 aliphatic heterocycles. The number of aliphatic imine (C=N–C) groups is 1. The molecule has 0 aliphatic carbocycles. The zero-order valence-corrected chi connectivity index (χ0v) is 18.3. The number of carbonyl (C=O) groups excluding carboxylic acids is 1. The van der Waals surface area contributed by atoms with Crippen LogP contribution >= 0.6 is 24.0 Å². The Balaban J connectivity index is 0.00000338. The van der Waals surface area contributed by atoms with Gasteiger partial charge in [-0.1, -0.05) is 19.1 Å². The van der Waals surface area contributed by atoms with Crippen LogP contribution in [0.25, 0.3) is 0 Å². The van der Waals surface area contributed by atoms with E-state index in [-0.39, 0.29) is 47.4 Å². The maximum absolute atomic E-state index is 11.6. The first kappa shape index (κ1) is 22.7. The van der Waals surface area contributed by atoms with Gasteiger partial charge in [-0.05, 0) is 30.5 Å². The fraction of sp³-hybridized carbons (Fsp3) is 0.529. The van der Waals surface area contributed by atoms with Gasteiger partial charge < -0.3 is 16.0 Å². The summed E-state index contributed by atoms with van der Waals surface area (Å²) in [6.07, 6.45) is 1.94. The Morgan fingerprint density at radius 2 is 1.96 bits per heavy atom. The first-order valence-corrected chi connectivity index (χ1v) is 10.3. The minimum atomic E-state index is -2.92. The van der Waals surface area contributed by atoms with Crippen LogP contribution in [-0.2, 0) is 21.2 Å². The molecule has 1 unspecified atom stereocenters. The maximum atomic E-state index is 11.6. The normalized spacial score (nSPS) is 18.7. The molecule has 0 aromatic heterocycles. The largest absolute Gasteiger partial charge is 0.353 e. The van der Waals surface area contributed by atoms with Gasteiger partial charge in [0.2, 0.25) is 5.91 Å². The van der Waals surface area contributed by atoms with Gasteiger partial charge in [-0.25, -0.2) is 8.42 Å². The number of amides is 1. The van der Waals surface area contributed by atoms with E-state index in [1.165, 1.54) is 0 Å². The highest BCUT2D eigenvalue weighted by Gasteiger charge is 2.28. The summed E-state index contributed by atoms with van der Waals surface area (Å²) in [4.78, 5) is 15.7. The van der Waals surface area contributed by atoms with Crippen LogP contribution < -0.4 is 16.0 Å². The molecule has 0 radical (unpaired) electrons. The number of benzene rings is 1. The van der Waals surface area contributed by atoms with E-state index in [0.29, 0.717) is 25.3 Å². The van der Waals surface area contributed by atoms with Gasteiger partial charge in [-0.3, -0.25) is 9.79 Å². The van der Waals surface area contributed by atoms with Crippen molar-refractivity contribution in [1.82, 2.24) is 10.6 Å². The van der Waals surface area contributed by atoms with Gasteiger partial charge in [0, 0.05) is 31.7 Å². The van der Waals surface area contributed by atoms with E-state index in [1.54, 1.807) is 7.05 Å². The third-order valence-electron chi connectivity index (χ3n) is 3.97. The predicted octanol–water partition coefficient (Wildman–Crippen LogP) is 1.90. The van der Waals surface area contributed by atoms with Crippen molar-refractivity contribution in [2.45, 2.75) is 38.8 Å². The van der Waals surface area contributed by atoms with Gasteiger partial charge in [0.05, 0.1) is 11.5 Å². The fourth-order valence-corrected chi connectivity index (χ4v) is 4.31. The van der Waals surface area contributed by atoms with Gasteiger partial charge in [0.25, 0.3) is 0 Å². The smallest absolute Gasteiger partial charge is 0.224 e. The zero-order valence-electron chi connectivity index (χ0n) is 15.1. The molecule has 1 amide bonds. The summed E-state index contributed by atoms with van der Waals surface area (Å²) in [5.74, 6) is 0.985. The number of rotatable bonds is 6. The number of anilines is 1. The molecular weight excluding hydrogens is 467 g/mol. The van der Waals surface area contributed by atoms with Crippen LogP contribution in [0.2, 0.25) is 0 Å². The summed E-state index contributed by atoms with van der Waals surface area (Å²) in [5, 5.41) is 9.17. The van der Waals surface area contributed by atoms with Crippen LogP contribution in [-0.4, -0.2) is 44.9 Å². The zero-order chi connectivity index (χ0) is 18.3. The van der Waals surface area contributed by atoms with Crippen molar-refractivity contribution in [3.8, 4) is 0 Å². The Morgan fingerprint density at radius 3 is 2.50 bits per heavy atom. The first-order chi connectivity index (χ1) is 11.9. The highest BCUT2D eigenvalue weighted by atomic mass is 127. The van der Waals surface area contributed by atoms with Crippen LogP contribution in [0.15, 0.2) is 29.3 Å². The lowest BCUT2D eigenvalue weighted by atomic mass is 10.2. The minimum absolute atomic E-state index is 0. The van der Waals surface area contributed by atoms with E-state index in [0.717, 1.165) is 17.7 Å². The van der Waals surface area contributed by atoms with Crippen molar-refractivity contribution in [2.24, 2.45) is 4.99 Å². The third kappa shape index (κ3) is 7.48. The molecule has 7 nitrogen and oxygen atoms in total. The quantitative estimate of drug-likeness (QED) is 0.319. The molecule has 1 fully saturated rings. The van der Waals surface area contributed by atoms with Crippen molar-refractivity contribution in [3.05, 3.63) is 29.8 Å². The lowest BCUT2D eigenvalue weighted by Gasteiger charge is -2.16. The van der Waals surface area contributed by atoms with E-state index in [2.05, 4.69) is 20.9 Å². The van der Waals surface area contributed by atoms with Crippen LogP contribution in [0.5, 0.6) is 0 Å². The summed E-state index contributed by atoms with van der Waals surface area (Å²) < 4.78 is 23.0. The second kappa shape index (κ2) is 10.7. The molecular formula is C17H27IN4O3S. The van der Waals surface area contributed by atoms with E-state index in [4.69, 9.17) is 0 Å². The Morgan fingerprint density at radius 1 is 1.27 bits per heavy atom. The number of nitrogens with one attached hydrogen (secondary N) is 3. The summed E-state index contributed by atoms with van der Waals surface area (Å²) in [6, 6.07) is 7.51. The molecule has 2 rings (SSSR count). The molecule has 0 spiro atoms. The Bertz CT molecular complexity index is 720. The Hall–Kier alpha value is -1.36. The molecule has 3 N–H and O–H groups in total. The molecule has 1 aliphatic rings. The van der Waals surface area contributed by atoms with Crippen molar-refractivity contribution >= 4 is 51.4 Å². The predicted molar refractivity (Wildman–Crippen MR) is 116 cm³/mol. The molecule has 1 saturated heterocycles. The van der Waals surface area contributed by atoms with E-state index in [9.17, 15) is 13.2 Å². The van der Waals surface area contributed by atoms with Gasteiger partial charge >= 0.3 is 0 Å². The Kier molecular flexibility index (Phi) is 9.34. The van der Waals surface area contributed by atoms with Gasteiger partial charge in [-0.15, -0.1) is 24.0 Å².